The highest BCUT2D eigenvalue weighted by molar-refractivity contribution is 7.91. The van der Waals surface area contributed by atoms with Gasteiger partial charge in [0.2, 0.25) is 0 Å². The number of anilines is 1. The molecule has 2 heterocycles. The van der Waals surface area contributed by atoms with Crippen LogP contribution in [-0.2, 0) is 23.4 Å². The van der Waals surface area contributed by atoms with Crippen molar-refractivity contribution >= 4 is 15.5 Å². The highest BCUT2D eigenvalue weighted by Gasteiger charge is 2.15. The van der Waals surface area contributed by atoms with Crippen LogP contribution in [-0.4, -0.2) is 39.5 Å². The average molecular weight is 297 g/mol. The molecule has 2 N–H and O–H groups in total. The molecule has 0 saturated heterocycles. The molecule has 8 heteroatoms. The summed E-state index contributed by atoms with van der Waals surface area (Å²) in [4.78, 5) is 0. The van der Waals surface area contributed by atoms with Crippen LogP contribution in [0.15, 0.2) is 12.4 Å². The first-order valence-electron chi connectivity index (χ1n) is 6.36. The van der Waals surface area contributed by atoms with Gasteiger partial charge >= 0.3 is 0 Å². The van der Waals surface area contributed by atoms with Crippen molar-refractivity contribution in [2.45, 2.75) is 20.4 Å². The lowest BCUT2D eigenvalue weighted by Gasteiger charge is -2.01. The topological polar surface area (TPSA) is 95.8 Å². The van der Waals surface area contributed by atoms with E-state index in [9.17, 15) is 8.42 Å². The van der Waals surface area contributed by atoms with E-state index < -0.39 is 9.84 Å². The molecule has 2 rings (SSSR count). The van der Waals surface area contributed by atoms with Gasteiger partial charge in [-0.1, -0.05) is 6.92 Å². The lowest BCUT2D eigenvalue weighted by atomic mass is 10.2. The molecule has 20 heavy (non-hydrogen) atoms. The van der Waals surface area contributed by atoms with Crippen LogP contribution in [0.1, 0.15) is 12.6 Å². The molecule has 0 aromatic carbocycles. The highest BCUT2D eigenvalue weighted by atomic mass is 32.2. The van der Waals surface area contributed by atoms with Crippen LogP contribution in [0, 0.1) is 6.92 Å². The van der Waals surface area contributed by atoms with Crippen LogP contribution < -0.4 is 5.73 Å². The second-order valence-electron chi connectivity index (χ2n) is 4.73. The second kappa shape index (κ2) is 5.28. The smallest absolute Gasteiger partial charge is 0.151 e. The van der Waals surface area contributed by atoms with E-state index in [0.29, 0.717) is 17.9 Å². The van der Waals surface area contributed by atoms with Gasteiger partial charge in [-0.15, -0.1) is 0 Å². The zero-order valence-electron chi connectivity index (χ0n) is 11.9. The zero-order valence-corrected chi connectivity index (χ0v) is 12.7. The molecule has 7 nitrogen and oxygen atoms in total. The minimum Gasteiger partial charge on any atom is -0.396 e. The Labute approximate surface area is 118 Å². The third-order valence-electron chi connectivity index (χ3n) is 3.13. The minimum atomic E-state index is -3.01. The van der Waals surface area contributed by atoms with E-state index in [-0.39, 0.29) is 11.5 Å². The summed E-state index contributed by atoms with van der Waals surface area (Å²) in [7, 11) is -1.18. The summed E-state index contributed by atoms with van der Waals surface area (Å²) in [6.45, 7) is 3.83. The summed E-state index contributed by atoms with van der Waals surface area (Å²) >= 11 is 0. The van der Waals surface area contributed by atoms with Crippen molar-refractivity contribution in [3.8, 4) is 11.3 Å². The molecule has 0 atom stereocenters. The van der Waals surface area contributed by atoms with Crippen molar-refractivity contribution in [2.24, 2.45) is 7.05 Å². The number of hydrogen-bond donors (Lipinski definition) is 1. The Morgan fingerprint density at radius 1 is 1.30 bits per heavy atom. The molecular weight excluding hydrogens is 278 g/mol. The van der Waals surface area contributed by atoms with Gasteiger partial charge in [-0.25, -0.2) is 8.42 Å². The lowest BCUT2D eigenvalue weighted by Crippen LogP contribution is -2.14. The third-order valence-corrected chi connectivity index (χ3v) is 4.81. The first-order valence-corrected chi connectivity index (χ1v) is 8.18. The first kappa shape index (κ1) is 14.6. The summed E-state index contributed by atoms with van der Waals surface area (Å²) in [5, 5.41) is 8.62. The number of rotatable bonds is 5. The van der Waals surface area contributed by atoms with Crippen LogP contribution in [0.4, 0.5) is 5.69 Å². The maximum Gasteiger partial charge on any atom is 0.151 e. The average Bonchev–Trinajstić information content (AvgIpc) is 2.89. The summed E-state index contributed by atoms with van der Waals surface area (Å²) in [6, 6.07) is 0. The van der Waals surface area contributed by atoms with Gasteiger partial charge < -0.3 is 5.73 Å². The molecule has 0 bridgehead atoms. The van der Waals surface area contributed by atoms with E-state index in [1.165, 1.54) is 0 Å². The van der Waals surface area contributed by atoms with Gasteiger partial charge in [0.25, 0.3) is 0 Å². The number of aromatic nitrogens is 4. The summed E-state index contributed by atoms with van der Waals surface area (Å²) in [5.41, 5.74) is 8.82. The lowest BCUT2D eigenvalue weighted by molar-refractivity contribution is 0.582. The Kier molecular flexibility index (Phi) is 3.85. The van der Waals surface area contributed by atoms with E-state index in [2.05, 4.69) is 10.2 Å². The van der Waals surface area contributed by atoms with Crippen molar-refractivity contribution in [3.05, 3.63) is 18.1 Å². The Morgan fingerprint density at radius 3 is 2.55 bits per heavy atom. The first-order chi connectivity index (χ1) is 9.32. The van der Waals surface area contributed by atoms with E-state index in [1.54, 1.807) is 22.5 Å². The molecule has 0 aliphatic carbocycles. The van der Waals surface area contributed by atoms with Gasteiger partial charge in [-0.3, -0.25) is 9.36 Å². The maximum atomic E-state index is 11.5. The van der Waals surface area contributed by atoms with Gasteiger partial charge in [0.15, 0.2) is 9.84 Å². The summed E-state index contributed by atoms with van der Waals surface area (Å²) in [5.74, 6) is 0.203. The van der Waals surface area contributed by atoms with Crippen LogP contribution in [0.25, 0.3) is 11.3 Å². The number of nitrogens with zero attached hydrogens (tertiary/aromatic N) is 4. The molecular formula is C12H19N5O2S. The molecule has 0 unspecified atom stereocenters. The predicted octanol–water partition coefficient (Wildman–Crippen LogP) is 0.609. The molecule has 2 aromatic heterocycles. The minimum absolute atomic E-state index is 0.0656. The van der Waals surface area contributed by atoms with Crippen molar-refractivity contribution in [1.29, 1.82) is 0 Å². The Bertz CT molecular complexity index is 714. The molecule has 0 amide bonds. The number of hydrogen-bond acceptors (Lipinski definition) is 5. The van der Waals surface area contributed by atoms with E-state index >= 15 is 0 Å². The SMILES string of the molecule is CCS(=O)(=O)CCn1cc(N)c(-c2cn(C)nc2C)n1. The fraction of sp³-hybridized carbons (Fsp3) is 0.500. The molecule has 0 saturated carbocycles. The van der Waals surface area contributed by atoms with Crippen molar-refractivity contribution in [1.82, 2.24) is 19.6 Å². The van der Waals surface area contributed by atoms with Crippen molar-refractivity contribution in [2.75, 3.05) is 17.2 Å². The Morgan fingerprint density at radius 2 is 2.00 bits per heavy atom. The standard InChI is InChI=1S/C12H19N5O2S/c1-4-20(18,19)6-5-17-8-11(13)12(15-17)10-7-16(3)14-9(10)2/h7-8H,4-6,13H2,1-3H3. The summed E-state index contributed by atoms with van der Waals surface area (Å²) < 4.78 is 26.3. The van der Waals surface area contributed by atoms with Gasteiger partial charge in [0.1, 0.15) is 5.69 Å². The van der Waals surface area contributed by atoms with Crippen LogP contribution in [0.3, 0.4) is 0 Å². The highest BCUT2D eigenvalue weighted by Crippen LogP contribution is 2.26. The molecule has 2 aromatic rings. The number of nitrogens with two attached hydrogens (primary N) is 1. The van der Waals surface area contributed by atoms with Crippen LogP contribution in [0.2, 0.25) is 0 Å². The van der Waals surface area contributed by atoms with Crippen molar-refractivity contribution in [3.63, 3.8) is 0 Å². The maximum absolute atomic E-state index is 11.5. The van der Waals surface area contributed by atoms with Crippen LogP contribution in [0.5, 0.6) is 0 Å². The number of nitrogen functional groups attached to an aromatic ring is 1. The molecule has 110 valence electrons. The Balaban J connectivity index is 2.24. The van der Waals surface area contributed by atoms with Gasteiger partial charge in [0, 0.05) is 30.8 Å². The van der Waals surface area contributed by atoms with Crippen LogP contribution >= 0.6 is 0 Å². The Hall–Kier alpha value is -1.83. The molecule has 0 aliphatic rings. The number of sulfone groups is 1. The van der Waals surface area contributed by atoms with Gasteiger partial charge in [-0.05, 0) is 6.92 Å². The number of aryl methyl sites for hydroxylation is 3. The van der Waals surface area contributed by atoms with Gasteiger partial charge in [-0.2, -0.15) is 10.2 Å². The normalized spacial score (nSPS) is 11.9. The quantitative estimate of drug-likeness (QED) is 0.872. The summed E-state index contributed by atoms with van der Waals surface area (Å²) in [6.07, 6.45) is 3.51. The molecule has 0 spiro atoms. The van der Waals surface area contributed by atoms with Gasteiger partial charge in [0.05, 0.1) is 23.7 Å². The van der Waals surface area contributed by atoms with E-state index in [0.717, 1.165) is 11.3 Å². The second-order valence-corrected chi connectivity index (χ2v) is 7.21. The fourth-order valence-electron chi connectivity index (χ4n) is 1.97. The van der Waals surface area contributed by atoms with E-state index in [4.69, 9.17) is 5.73 Å². The zero-order chi connectivity index (χ0) is 14.9. The molecule has 0 fully saturated rings. The molecule has 0 aliphatic heterocycles. The monoisotopic (exact) mass is 297 g/mol. The van der Waals surface area contributed by atoms with E-state index in [1.807, 2.05) is 20.2 Å². The predicted molar refractivity (Wildman–Crippen MR) is 77.9 cm³/mol. The van der Waals surface area contributed by atoms with Crippen molar-refractivity contribution < 1.29 is 8.42 Å². The fourth-order valence-corrected chi connectivity index (χ4v) is 2.72. The largest absolute Gasteiger partial charge is 0.396 e. The molecule has 0 radical (unpaired) electrons. The third kappa shape index (κ3) is 3.01.